The minimum atomic E-state index is -0.348. The molecule has 25 heavy (non-hydrogen) atoms. The van der Waals surface area contributed by atoms with E-state index in [9.17, 15) is 4.79 Å². The fourth-order valence-electron chi connectivity index (χ4n) is 3.20. The van der Waals surface area contributed by atoms with Crippen molar-refractivity contribution < 1.29 is 4.79 Å². The van der Waals surface area contributed by atoms with E-state index in [1.54, 1.807) is 11.3 Å². The van der Waals surface area contributed by atoms with E-state index < -0.39 is 0 Å². The lowest BCUT2D eigenvalue weighted by Crippen LogP contribution is -2.44. The van der Waals surface area contributed by atoms with Gasteiger partial charge in [0.15, 0.2) is 0 Å². The summed E-state index contributed by atoms with van der Waals surface area (Å²) >= 11 is 1.65. The van der Waals surface area contributed by atoms with E-state index in [2.05, 4.69) is 9.97 Å². The number of rotatable bonds is 2. The van der Waals surface area contributed by atoms with Crippen LogP contribution in [0.1, 0.15) is 55.9 Å². The Labute approximate surface area is 153 Å². The summed E-state index contributed by atoms with van der Waals surface area (Å²) < 4.78 is 0. The van der Waals surface area contributed by atoms with Crippen LogP contribution in [0.2, 0.25) is 0 Å². The highest BCUT2D eigenvalue weighted by Gasteiger charge is 2.32. The first-order valence-electron chi connectivity index (χ1n) is 8.82. The molecule has 1 amide bonds. The van der Waals surface area contributed by atoms with Gasteiger partial charge in [-0.05, 0) is 32.8 Å². The number of piperidine rings is 1. The molecule has 5 nitrogen and oxygen atoms in total. The van der Waals surface area contributed by atoms with Crippen LogP contribution in [0.5, 0.6) is 0 Å². The number of nitrogens with zero attached hydrogens (tertiary/aromatic N) is 4. The SMILES string of the molecule is Cc1cc(-c2ncc(C)s2)nc([C@H]2CCCN(C(=O)C(C)(C)C)C2)n1. The van der Waals surface area contributed by atoms with Gasteiger partial charge in [0.2, 0.25) is 5.91 Å². The zero-order chi connectivity index (χ0) is 18.2. The van der Waals surface area contributed by atoms with Crippen molar-refractivity contribution in [1.29, 1.82) is 0 Å². The standard InChI is InChI=1S/C19H26N4OS/c1-12-9-15(17-20-10-13(2)25-17)22-16(21-12)14-7-6-8-23(11-14)18(24)19(3,4)5/h9-10,14H,6-8,11H2,1-5H3/t14-/m0/s1. The molecule has 2 aromatic rings. The highest BCUT2D eigenvalue weighted by atomic mass is 32.1. The number of hydrogen-bond acceptors (Lipinski definition) is 5. The maximum Gasteiger partial charge on any atom is 0.227 e. The van der Waals surface area contributed by atoms with E-state index in [1.807, 2.05) is 51.8 Å². The summed E-state index contributed by atoms with van der Waals surface area (Å²) in [5.41, 5.74) is 1.49. The van der Waals surface area contributed by atoms with Crippen LogP contribution < -0.4 is 0 Å². The summed E-state index contributed by atoms with van der Waals surface area (Å²) in [4.78, 5) is 29.7. The summed E-state index contributed by atoms with van der Waals surface area (Å²) in [6.45, 7) is 11.5. The molecule has 1 aliphatic heterocycles. The number of likely N-dealkylation sites (tertiary alicyclic amines) is 1. The molecular weight excluding hydrogens is 332 g/mol. The van der Waals surface area contributed by atoms with Crippen molar-refractivity contribution in [3.8, 4) is 10.7 Å². The summed E-state index contributed by atoms with van der Waals surface area (Å²) in [5.74, 6) is 1.25. The number of amides is 1. The average Bonchev–Trinajstić information content (AvgIpc) is 2.99. The number of hydrogen-bond donors (Lipinski definition) is 0. The Balaban J connectivity index is 1.86. The van der Waals surface area contributed by atoms with Gasteiger partial charge in [0.05, 0.1) is 0 Å². The molecule has 2 aromatic heterocycles. The van der Waals surface area contributed by atoms with E-state index in [0.717, 1.165) is 41.6 Å². The molecule has 0 aliphatic carbocycles. The van der Waals surface area contributed by atoms with Gasteiger partial charge < -0.3 is 4.90 Å². The van der Waals surface area contributed by atoms with Gasteiger partial charge in [-0.15, -0.1) is 11.3 Å². The van der Waals surface area contributed by atoms with Gasteiger partial charge in [0.1, 0.15) is 16.5 Å². The molecule has 6 heteroatoms. The van der Waals surface area contributed by atoms with Crippen LogP contribution in [-0.4, -0.2) is 38.8 Å². The first kappa shape index (κ1) is 18.0. The van der Waals surface area contributed by atoms with Crippen molar-refractivity contribution >= 4 is 17.2 Å². The molecule has 0 aromatic carbocycles. The number of aryl methyl sites for hydroxylation is 2. The Kier molecular flexibility index (Phi) is 4.91. The first-order chi connectivity index (χ1) is 11.7. The molecule has 134 valence electrons. The van der Waals surface area contributed by atoms with Gasteiger partial charge in [-0.3, -0.25) is 4.79 Å². The third-order valence-corrected chi connectivity index (χ3v) is 5.36. The van der Waals surface area contributed by atoms with Crippen molar-refractivity contribution in [3.05, 3.63) is 28.7 Å². The fraction of sp³-hybridized carbons (Fsp3) is 0.579. The average molecular weight is 359 g/mol. The van der Waals surface area contributed by atoms with E-state index in [-0.39, 0.29) is 17.2 Å². The second-order valence-electron chi connectivity index (χ2n) is 7.87. The lowest BCUT2D eigenvalue weighted by atomic mass is 9.91. The Morgan fingerprint density at radius 2 is 2.04 bits per heavy atom. The van der Waals surface area contributed by atoms with Crippen LogP contribution in [0.3, 0.4) is 0 Å². The molecule has 3 rings (SSSR count). The second kappa shape index (κ2) is 6.83. The third kappa shape index (κ3) is 4.06. The molecule has 0 radical (unpaired) electrons. The van der Waals surface area contributed by atoms with Gasteiger partial charge in [-0.2, -0.15) is 0 Å². The van der Waals surface area contributed by atoms with Gasteiger partial charge >= 0.3 is 0 Å². The van der Waals surface area contributed by atoms with Crippen LogP contribution in [0.15, 0.2) is 12.3 Å². The van der Waals surface area contributed by atoms with Crippen LogP contribution >= 0.6 is 11.3 Å². The van der Waals surface area contributed by atoms with Gasteiger partial charge in [-0.1, -0.05) is 20.8 Å². The van der Waals surface area contributed by atoms with Crippen molar-refractivity contribution in [1.82, 2.24) is 19.9 Å². The molecule has 1 aliphatic rings. The molecule has 0 N–H and O–H groups in total. The van der Waals surface area contributed by atoms with Crippen LogP contribution in [0.4, 0.5) is 0 Å². The van der Waals surface area contributed by atoms with Crippen molar-refractivity contribution in [3.63, 3.8) is 0 Å². The zero-order valence-electron chi connectivity index (χ0n) is 15.7. The molecule has 0 unspecified atom stereocenters. The Bertz CT molecular complexity index is 778. The van der Waals surface area contributed by atoms with Crippen molar-refractivity contribution in [2.24, 2.45) is 5.41 Å². The highest BCUT2D eigenvalue weighted by Crippen LogP contribution is 2.30. The minimum Gasteiger partial charge on any atom is -0.342 e. The summed E-state index contributed by atoms with van der Waals surface area (Å²) in [5, 5.41) is 0.933. The van der Waals surface area contributed by atoms with Crippen LogP contribution in [-0.2, 0) is 4.79 Å². The van der Waals surface area contributed by atoms with E-state index in [1.165, 1.54) is 4.88 Å². The van der Waals surface area contributed by atoms with Gasteiger partial charge in [-0.25, -0.2) is 15.0 Å². The maximum atomic E-state index is 12.6. The molecule has 1 saturated heterocycles. The molecule has 0 saturated carbocycles. The molecule has 0 spiro atoms. The largest absolute Gasteiger partial charge is 0.342 e. The fourth-order valence-corrected chi connectivity index (χ4v) is 3.93. The molecule has 1 fully saturated rings. The molecular formula is C19H26N4OS. The Morgan fingerprint density at radius 1 is 1.28 bits per heavy atom. The Hall–Kier alpha value is -1.82. The number of carbonyl (C=O) groups is 1. The lowest BCUT2D eigenvalue weighted by molar-refractivity contribution is -0.140. The lowest BCUT2D eigenvalue weighted by Gasteiger charge is -2.36. The second-order valence-corrected chi connectivity index (χ2v) is 9.10. The van der Waals surface area contributed by atoms with Gasteiger partial charge in [0, 0.05) is 41.2 Å². The predicted octanol–water partition coefficient (Wildman–Crippen LogP) is 3.97. The smallest absolute Gasteiger partial charge is 0.227 e. The van der Waals surface area contributed by atoms with Crippen LogP contribution in [0, 0.1) is 19.3 Å². The summed E-state index contributed by atoms with van der Waals surface area (Å²) in [6, 6.07) is 1.99. The summed E-state index contributed by atoms with van der Waals surface area (Å²) in [6.07, 6.45) is 3.89. The quantitative estimate of drug-likeness (QED) is 0.815. The topological polar surface area (TPSA) is 59.0 Å². The van der Waals surface area contributed by atoms with Gasteiger partial charge in [0.25, 0.3) is 0 Å². The van der Waals surface area contributed by atoms with Crippen molar-refractivity contribution in [2.45, 2.75) is 53.4 Å². The molecule has 3 heterocycles. The van der Waals surface area contributed by atoms with E-state index in [0.29, 0.717) is 6.54 Å². The maximum absolute atomic E-state index is 12.6. The van der Waals surface area contributed by atoms with Crippen LogP contribution in [0.25, 0.3) is 10.7 Å². The normalized spacial score (nSPS) is 18.4. The number of carbonyl (C=O) groups excluding carboxylic acids is 1. The molecule has 1 atom stereocenters. The zero-order valence-corrected chi connectivity index (χ0v) is 16.5. The minimum absolute atomic E-state index is 0.194. The number of thiazole rings is 1. The van der Waals surface area contributed by atoms with E-state index in [4.69, 9.17) is 4.98 Å². The first-order valence-corrected chi connectivity index (χ1v) is 9.63. The summed E-state index contributed by atoms with van der Waals surface area (Å²) in [7, 11) is 0. The number of aromatic nitrogens is 3. The molecule has 0 bridgehead atoms. The predicted molar refractivity (Wildman–Crippen MR) is 101 cm³/mol. The third-order valence-electron chi connectivity index (χ3n) is 4.43. The van der Waals surface area contributed by atoms with E-state index >= 15 is 0 Å². The Morgan fingerprint density at radius 3 is 2.68 bits per heavy atom. The van der Waals surface area contributed by atoms with Crippen molar-refractivity contribution in [2.75, 3.05) is 13.1 Å². The monoisotopic (exact) mass is 358 g/mol. The highest BCUT2D eigenvalue weighted by molar-refractivity contribution is 7.14.